The van der Waals surface area contributed by atoms with Gasteiger partial charge in [-0.25, -0.2) is 4.39 Å². The lowest BCUT2D eigenvalue weighted by atomic mass is 10.1. The van der Waals surface area contributed by atoms with Gasteiger partial charge in [0.15, 0.2) is 0 Å². The predicted octanol–water partition coefficient (Wildman–Crippen LogP) is 2.42. The molecule has 0 radical (unpaired) electrons. The Balaban J connectivity index is 2.33. The third-order valence-corrected chi connectivity index (χ3v) is 2.82. The molecule has 0 heterocycles. The SMILES string of the molecule is NC(=S)c1c(F)cccc1NC(=O)c1cccc(O)c1. The lowest BCUT2D eigenvalue weighted by Crippen LogP contribution is -2.19. The van der Waals surface area contributed by atoms with E-state index in [4.69, 9.17) is 18.0 Å². The fourth-order valence-corrected chi connectivity index (χ4v) is 1.93. The summed E-state index contributed by atoms with van der Waals surface area (Å²) in [5, 5.41) is 11.9. The maximum Gasteiger partial charge on any atom is 0.255 e. The first kappa shape index (κ1) is 14.0. The van der Waals surface area contributed by atoms with Crippen LogP contribution in [0.2, 0.25) is 0 Å². The second-order valence-corrected chi connectivity index (χ2v) is 4.47. The van der Waals surface area contributed by atoms with Crippen LogP contribution < -0.4 is 11.1 Å². The summed E-state index contributed by atoms with van der Waals surface area (Å²) in [7, 11) is 0. The number of carbonyl (C=O) groups excluding carboxylic acids is 1. The number of rotatable bonds is 3. The molecular formula is C14H11FN2O2S. The average Bonchev–Trinajstić information content (AvgIpc) is 2.38. The molecule has 0 aromatic heterocycles. The zero-order chi connectivity index (χ0) is 14.7. The van der Waals surface area contributed by atoms with Crippen molar-refractivity contribution in [3.05, 3.63) is 59.4 Å². The molecule has 0 aliphatic carbocycles. The van der Waals surface area contributed by atoms with Gasteiger partial charge in [-0.1, -0.05) is 24.4 Å². The highest BCUT2D eigenvalue weighted by atomic mass is 32.1. The van der Waals surface area contributed by atoms with Gasteiger partial charge in [0.05, 0.1) is 11.3 Å². The van der Waals surface area contributed by atoms with Crippen LogP contribution in [0.5, 0.6) is 5.75 Å². The van der Waals surface area contributed by atoms with Crippen molar-refractivity contribution in [2.45, 2.75) is 0 Å². The number of nitrogens with two attached hydrogens (primary N) is 1. The van der Waals surface area contributed by atoms with Gasteiger partial charge in [-0.3, -0.25) is 4.79 Å². The van der Waals surface area contributed by atoms with E-state index in [1.165, 1.54) is 42.5 Å². The van der Waals surface area contributed by atoms with Crippen molar-refractivity contribution in [2.24, 2.45) is 5.73 Å². The standard InChI is InChI=1S/C14H11FN2O2S/c15-10-5-2-6-11(12(10)13(16)20)17-14(19)8-3-1-4-9(18)7-8/h1-7,18H,(H2,16,20)(H,17,19). The second kappa shape index (κ2) is 5.66. The Labute approximate surface area is 120 Å². The Hall–Kier alpha value is -2.47. The lowest BCUT2D eigenvalue weighted by molar-refractivity contribution is 0.102. The summed E-state index contributed by atoms with van der Waals surface area (Å²) < 4.78 is 13.7. The van der Waals surface area contributed by atoms with Crippen LogP contribution in [0, 0.1) is 5.82 Å². The van der Waals surface area contributed by atoms with E-state index in [0.29, 0.717) is 0 Å². The molecule has 20 heavy (non-hydrogen) atoms. The predicted molar refractivity (Wildman–Crippen MR) is 78.3 cm³/mol. The number of amides is 1. The second-order valence-electron chi connectivity index (χ2n) is 4.03. The summed E-state index contributed by atoms with van der Waals surface area (Å²) in [5.74, 6) is -1.14. The molecule has 0 fully saturated rings. The van der Waals surface area contributed by atoms with Crippen LogP contribution in [-0.4, -0.2) is 16.0 Å². The summed E-state index contributed by atoms with van der Waals surface area (Å²) in [6.45, 7) is 0. The van der Waals surface area contributed by atoms with Gasteiger partial charge in [0, 0.05) is 5.56 Å². The van der Waals surface area contributed by atoms with Gasteiger partial charge in [0.2, 0.25) is 0 Å². The van der Waals surface area contributed by atoms with E-state index in [1.54, 1.807) is 0 Å². The Morgan fingerprint density at radius 1 is 1.25 bits per heavy atom. The Morgan fingerprint density at radius 2 is 1.95 bits per heavy atom. The molecule has 0 saturated carbocycles. The first-order chi connectivity index (χ1) is 9.49. The Morgan fingerprint density at radius 3 is 2.60 bits per heavy atom. The van der Waals surface area contributed by atoms with Crippen molar-refractivity contribution in [1.29, 1.82) is 0 Å². The van der Waals surface area contributed by atoms with Crippen molar-refractivity contribution in [3.8, 4) is 5.75 Å². The van der Waals surface area contributed by atoms with Crippen molar-refractivity contribution in [3.63, 3.8) is 0 Å². The van der Waals surface area contributed by atoms with Crippen molar-refractivity contribution in [2.75, 3.05) is 5.32 Å². The van der Waals surface area contributed by atoms with E-state index in [2.05, 4.69) is 5.32 Å². The van der Waals surface area contributed by atoms with E-state index in [0.717, 1.165) is 0 Å². The number of phenols is 1. The van der Waals surface area contributed by atoms with Crippen LogP contribution in [0.1, 0.15) is 15.9 Å². The average molecular weight is 290 g/mol. The van der Waals surface area contributed by atoms with Gasteiger partial charge in [-0.05, 0) is 30.3 Å². The van der Waals surface area contributed by atoms with E-state index in [9.17, 15) is 14.3 Å². The third kappa shape index (κ3) is 2.92. The number of anilines is 1. The minimum absolute atomic E-state index is 0.0176. The maximum atomic E-state index is 13.7. The molecule has 6 heteroatoms. The zero-order valence-corrected chi connectivity index (χ0v) is 11.1. The van der Waals surface area contributed by atoms with Crippen molar-refractivity contribution >= 4 is 28.8 Å². The van der Waals surface area contributed by atoms with Crippen molar-refractivity contribution < 1.29 is 14.3 Å². The molecule has 0 saturated heterocycles. The summed E-state index contributed by atoms with van der Waals surface area (Å²) in [5.41, 5.74) is 5.86. The summed E-state index contributed by atoms with van der Waals surface area (Å²) in [6, 6.07) is 9.94. The number of carbonyl (C=O) groups is 1. The normalized spacial score (nSPS) is 10.1. The largest absolute Gasteiger partial charge is 0.508 e. The topological polar surface area (TPSA) is 75.3 Å². The monoisotopic (exact) mass is 290 g/mol. The minimum Gasteiger partial charge on any atom is -0.508 e. The summed E-state index contributed by atoms with van der Waals surface area (Å²) in [6.07, 6.45) is 0. The number of nitrogens with one attached hydrogen (secondary N) is 1. The van der Waals surface area contributed by atoms with Crippen LogP contribution in [0.15, 0.2) is 42.5 Å². The molecule has 4 N–H and O–H groups in total. The van der Waals surface area contributed by atoms with Gasteiger partial charge in [-0.15, -0.1) is 0 Å². The molecular weight excluding hydrogens is 279 g/mol. The minimum atomic E-state index is -0.605. The van der Waals surface area contributed by atoms with Crippen LogP contribution in [0.4, 0.5) is 10.1 Å². The van der Waals surface area contributed by atoms with E-state index in [-0.39, 0.29) is 27.6 Å². The number of aromatic hydroxyl groups is 1. The van der Waals surface area contributed by atoms with Crippen LogP contribution in [-0.2, 0) is 0 Å². The van der Waals surface area contributed by atoms with E-state index in [1.807, 2.05) is 0 Å². The smallest absolute Gasteiger partial charge is 0.255 e. The van der Waals surface area contributed by atoms with Crippen LogP contribution in [0.25, 0.3) is 0 Å². The molecule has 2 aromatic rings. The molecule has 0 spiro atoms. The number of halogens is 1. The van der Waals surface area contributed by atoms with Crippen LogP contribution in [0.3, 0.4) is 0 Å². The maximum absolute atomic E-state index is 13.7. The molecule has 2 aromatic carbocycles. The molecule has 0 atom stereocenters. The molecule has 4 nitrogen and oxygen atoms in total. The number of phenolic OH excluding ortho intramolecular Hbond substituents is 1. The number of hydrogen-bond donors (Lipinski definition) is 3. The molecule has 0 bridgehead atoms. The molecule has 102 valence electrons. The molecule has 0 aliphatic heterocycles. The van der Waals surface area contributed by atoms with Crippen molar-refractivity contribution in [1.82, 2.24) is 0 Å². The zero-order valence-electron chi connectivity index (χ0n) is 10.3. The van der Waals surface area contributed by atoms with Gasteiger partial charge >= 0.3 is 0 Å². The third-order valence-electron chi connectivity index (χ3n) is 2.62. The number of thiocarbonyl (C=S) groups is 1. The van der Waals surface area contributed by atoms with Gasteiger partial charge in [0.25, 0.3) is 5.91 Å². The lowest BCUT2D eigenvalue weighted by Gasteiger charge is -2.11. The fourth-order valence-electron chi connectivity index (χ4n) is 1.72. The summed E-state index contributed by atoms with van der Waals surface area (Å²) >= 11 is 4.77. The van der Waals surface area contributed by atoms with Gasteiger partial charge < -0.3 is 16.2 Å². The molecule has 0 unspecified atom stereocenters. The summed E-state index contributed by atoms with van der Waals surface area (Å²) in [4.78, 5) is 11.9. The van der Waals surface area contributed by atoms with E-state index >= 15 is 0 Å². The van der Waals surface area contributed by atoms with Crippen LogP contribution >= 0.6 is 12.2 Å². The Bertz CT molecular complexity index is 689. The van der Waals surface area contributed by atoms with Gasteiger partial charge in [-0.2, -0.15) is 0 Å². The highest BCUT2D eigenvalue weighted by Gasteiger charge is 2.14. The molecule has 2 rings (SSSR count). The number of hydrogen-bond acceptors (Lipinski definition) is 3. The fraction of sp³-hybridized carbons (Fsp3) is 0. The number of benzene rings is 2. The van der Waals surface area contributed by atoms with E-state index < -0.39 is 11.7 Å². The highest BCUT2D eigenvalue weighted by molar-refractivity contribution is 7.80. The highest BCUT2D eigenvalue weighted by Crippen LogP contribution is 2.20. The molecule has 0 aliphatic rings. The first-order valence-corrected chi connectivity index (χ1v) is 6.08. The quantitative estimate of drug-likeness (QED) is 0.759. The van der Waals surface area contributed by atoms with Gasteiger partial charge in [0.1, 0.15) is 16.6 Å². The first-order valence-electron chi connectivity index (χ1n) is 5.67. The Kier molecular flexibility index (Phi) is 3.95. The molecule has 1 amide bonds.